The molecule has 106 valence electrons. The van der Waals surface area contributed by atoms with E-state index in [1.807, 2.05) is 18.9 Å². The maximum atomic E-state index is 12.3. The summed E-state index contributed by atoms with van der Waals surface area (Å²) in [6, 6.07) is 0.330. The molecule has 0 spiro atoms. The van der Waals surface area contributed by atoms with Gasteiger partial charge in [-0.15, -0.1) is 0 Å². The Hall–Kier alpha value is -1.07. The number of carbonyl (C=O) groups excluding carboxylic acids is 1. The number of halogens is 1. The summed E-state index contributed by atoms with van der Waals surface area (Å²) in [7, 11) is 1.92. The highest BCUT2D eigenvalue weighted by Crippen LogP contribution is 2.22. The molecule has 1 saturated heterocycles. The molecule has 0 bridgehead atoms. The molecule has 1 atom stereocenters. The average molecular weight is 286 g/mol. The normalized spacial score (nSPS) is 19.1. The minimum absolute atomic E-state index is 0.189. The second-order valence-electron chi connectivity index (χ2n) is 4.96. The van der Waals surface area contributed by atoms with Gasteiger partial charge in [0.2, 0.25) is 11.1 Å². The molecule has 19 heavy (non-hydrogen) atoms. The van der Waals surface area contributed by atoms with Gasteiger partial charge in [-0.25, -0.2) is 0 Å². The zero-order valence-corrected chi connectivity index (χ0v) is 12.2. The van der Waals surface area contributed by atoms with Crippen molar-refractivity contribution in [1.82, 2.24) is 15.4 Å². The highest BCUT2D eigenvalue weighted by Gasteiger charge is 2.28. The van der Waals surface area contributed by atoms with Crippen molar-refractivity contribution in [2.75, 3.05) is 20.1 Å². The summed E-state index contributed by atoms with van der Waals surface area (Å²) in [5.41, 5.74) is 1.62. The molecule has 1 unspecified atom stereocenters. The first-order valence-corrected chi connectivity index (χ1v) is 7.06. The Morgan fingerprint density at radius 1 is 1.63 bits per heavy atom. The molecule has 1 aliphatic heterocycles. The number of rotatable bonds is 5. The number of aryl methyl sites for hydroxylation is 1. The van der Waals surface area contributed by atoms with Gasteiger partial charge in [-0.05, 0) is 44.8 Å². The van der Waals surface area contributed by atoms with Crippen molar-refractivity contribution in [3.63, 3.8) is 0 Å². The lowest BCUT2D eigenvalue weighted by Crippen LogP contribution is -2.40. The van der Waals surface area contributed by atoms with Crippen LogP contribution in [0.15, 0.2) is 4.52 Å². The Kier molecular flexibility index (Phi) is 4.82. The molecule has 5 nitrogen and oxygen atoms in total. The van der Waals surface area contributed by atoms with Gasteiger partial charge in [0.25, 0.3) is 0 Å². The SMILES string of the molecule is CNCC1CCCN1C(=O)CCc1c(C)noc1Cl. The fraction of sp³-hybridized carbons (Fsp3) is 0.692. The van der Waals surface area contributed by atoms with Crippen LogP contribution in [0.1, 0.15) is 30.5 Å². The summed E-state index contributed by atoms with van der Waals surface area (Å²) in [6.07, 6.45) is 3.22. The van der Waals surface area contributed by atoms with Crippen molar-refractivity contribution >= 4 is 17.5 Å². The first kappa shape index (κ1) is 14.3. The molecule has 1 aromatic rings. The molecule has 1 amide bonds. The highest BCUT2D eigenvalue weighted by molar-refractivity contribution is 6.29. The van der Waals surface area contributed by atoms with Crippen LogP contribution in [-0.2, 0) is 11.2 Å². The summed E-state index contributed by atoms with van der Waals surface area (Å²) in [6.45, 7) is 3.56. The zero-order valence-electron chi connectivity index (χ0n) is 11.4. The fourth-order valence-corrected chi connectivity index (χ4v) is 2.89. The van der Waals surface area contributed by atoms with Crippen molar-refractivity contribution in [2.24, 2.45) is 0 Å². The number of hydrogen-bond donors (Lipinski definition) is 1. The van der Waals surface area contributed by atoms with E-state index in [2.05, 4.69) is 10.5 Å². The molecule has 1 fully saturated rings. The molecule has 2 rings (SSSR count). The first-order chi connectivity index (χ1) is 9.13. The van der Waals surface area contributed by atoms with Gasteiger partial charge in [0.05, 0.1) is 5.69 Å². The number of aromatic nitrogens is 1. The molecular weight excluding hydrogens is 266 g/mol. The van der Waals surface area contributed by atoms with Crippen molar-refractivity contribution < 1.29 is 9.32 Å². The van der Waals surface area contributed by atoms with E-state index in [4.69, 9.17) is 16.1 Å². The Morgan fingerprint density at radius 3 is 3.05 bits per heavy atom. The smallest absolute Gasteiger partial charge is 0.229 e. The maximum Gasteiger partial charge on any atom is 0.229 e. The van der Waals surface area contributed by atoms with Gasteiger partial charge in [0, 0.05) is 31.1 Å². The molecule has 0 saturated carbocycles. The number of nitrogens with one attached hydrogen (secondary N) is 1. The van der Waals surface area contributed by atoms with Crippen molar-refractivity contribution in [2.45, 2.75) is 38.6 Å². The molecule has 1 aliphatic rings. The molecule has 0 radical (unpaired) electrons. The van der Waals surface area contributed by atoms with E-state index in [-0.39, 0.29) is 5.91 Å². The van der Waals surface area contributed by atoms with Crippen LogP contribution in [0.25, 0.3) is 0 Å². The van der Waals surface area contributed by atoms with Crippen molar-refractivity contribution in [3.8, 4) is 0 Å². The summed E-state index contributed by atoms with van der Waals surface area (Å²) in [5.74, 6) is 0.189. The number of amides is 1. The third-order valence-electron chi connectivity index (χ3n) is 3.66. The lowest BCUT2D eigenvalue weighted by atomic mass is 10.1. The van der Waals surface area contributed by atoms with Crippen LogP contribution >= 0.6 is 11.6 Å². The molecule has 0 aromatic carbocycles. The molecule has 1 aromatic heterocycles. The number of hydrogen-bond acceptors (Lipinski definition) is 4. The minimum atomic E-state index is 0.189. The summed E-state index contributed by atoms with van der Waals surface area (Å²) < 4.78 is 4.89. The third-order valence-corrected chi connectivity index (χ3v) is 3.96. The van der Waals surface area contributed by atoms with Crippen LogP contribution in [0.2, 0.25) is 5.22 Å². The molecule has 0 aliphatic carbocycles. The van der Waals surface area contributed by atoms with Gasteiger partial charge in [0.1, 0.15) is 0 Å². The third kappa shape index (κ3) is 3.28. The van der Waals surface area contributed by atoms with Crippen LogP contribution in [-0.4, -0.2) is 42.1 Å². The molecular formula is C13H20ClN3O2. The van der Waals surface area contributed by atoms with Gasteiger partial charge < -0.3 is 14.7 Å². The van der Waals surface area contributed by atoms with Gasteiger partial charge >= 0.3 is 0 Å². The van der Waals surface area contributed by atoms with Gasteiger partial charge in [-0.1, -0.05) is 5.16 Å². The second-order valence-corrected chi connectivity index (χ2v) is 5.30. The van der Waals surface area contributed by atoms with Crippen molar-refractivity contribution in [1.29, 1.82) is 0 Å². The van der Waals surface area contributed by atoms with E-state index in [0.29, 0.717) is 24.1 Å². The lowest BCUT2D eigenvalue weighted by molar-refractivity contribution is -0.131. The first-order valence-electron chi connectivity index (χ1n) is 6.68. The lowest BCUT2D eigenvalue weighted by Gasteiger charge is -2.24. The maximum absolute atomic E-state index is 12.3. The average Bonchev–Trinajstić information content (AvgIpc) is 2.96. The zero-order chi connectivity index (χ0) is 13.8. The van der Waals surface area contributed by atoms with Gasteiger partial charge in [-0.3, -0.25) is 4.79 Å². The Morgan fingerprint density at radius 2 is 2.42 bits per heavy atom. The Balaban J connectivity index is 1.91. The number of carbonyl (C=O) groups is 1. The van der Waals surface area contributed by atoms with E-state index in [1.165, 1.54) is 0 Å². The number of likely N-dealkylation sites (tertiary alicyclic amines) is 1. The highest BCUT2D eigenvalue weighted by atomic mass is 35.5. The van der Waals surface area contributed by atoms with Crippen LogP contribution in [0.4, 0.5) is 0 Å². The van der Waals surface area contributed by atoms with Crippen molar-refractivity contribution in [3.05, 3.63) is 16.5 Å². The summed E-state index contributed by atoms with van der Waals surface area (Å²) in [4.78, 5) is 14.2. The summed E-state index contributed by atoms with van der Waals surface area (Å²) in [5, 5.41) is 7.24. The Bertz CT molecular complexity index is 428. The monoisotopic (exact) mass is 285 g/mol. The van der Waals surface area contributed by atoms with Crippen LogP contribution in [0, 0.1) is 6.92 Å². The standard InChI is InChI=1S/C13H20ClN3O2/c1-9-11(13(14)19-16-9)5-6-12(18)17-7-3-4-10(17)8-15-2/h10,15H,3-8H2,1-2H3. The molecule has 6 heteroatoms. The van der Waals surface area contributed by atoms with E-state index in [9.17, 15) is 4.79 Å². The van der Waals surface area contributed by atoms with E-state index in [0.717, 1.165) is 37.2 Å². The van der Waals surface area contributed by atoms with E-state index >= 15 is 0 Å². The largest absolute Gasteiger partial charge is 0.344 e. The second kappa shape index (κ2) is 6.39. The number of likely N-dealkylation sites (N-methyl/N-ethyl adjacent to an activating group) is 1. The predicted octanol–water partition coefficient (Wildman–Crippen LogP) is 1.78. The van der Waals surface area contributed by atoms with Crippen LogP contribution < -0.4 is 5.32 Å². The molecule has 2 heterocycles. The van der Waals surface area contributed by atoms with Gasteiger partial charge in [0.15, 0.2) is 0 Å². The van der Waals surface area contributed by atoms with Gasteiger partial charge in [-0.2, -0.15) is 0 Å². The topological polar surface area (TPSA) is 58.4 Å². The fourth-order valence-electron chi connectivity index (χ4n) is 2.63. The quantitative estimate of drug-likeness (QED) is 0.896. The van der Waals surface area contributed by atoms with E-state index in [1.54, 1.807) is 0 Å². The predicted molar refractivity (Wildman–Crippen MR) is 73.2 cm³/mol. The Labute approximate surface area is 118 Å². The minimum Gasteiger partial charge on any atom is -0.344 e. The molecule has 1 N–H and O–H groups in total. The van der Waals surface area contributed by atoms with Crippen LogP contribution in [0.3, 0.4) is 0 Å². The van der Waals surface area contributed by atoms with E-state index < -0.39 is 0 Å². The number of nitrogens with zero attached hydrogens (tertiary/aromatic N) is 2. The summed E-state index contributed by atoms with van der Waals surface area (Å²) >= 11 is 5.90. The van der Waals surface area contributed by atoms with Crippen LogP contribution in [0.5, 0.6) is 0 Å².